The summed E-state index contributed by atoms with van der Waals surface area (Å²) in [5.41, 5.74) is 0.656. The molecule has 0 radical (unpaired) electrons. The summed E-state index contributed by atoms with van der Waals surface area (Å²) in [4.78, 5) is 0. The molecule has 84 valence electrons. The van der Waals surface area contributed by atoms with E-state index >= 15 is 0 Å². The molecule has 0 aliphatic carbocycles. The van der Waals surface area contributed by atoms with Gasteiger partial charge in [0.25, 0.3) is 0 Å². The number of aromatic hydroxyl groups is 1. The maximum atomic E-state index is 9.64. The van der Waals surface area contributed by atoms with Crippen molar-refractivity contribution in [2.24, 2.45) is 0 Å². The van der Waals surface area contributed by atoms with Crippen LogP contribution in [0.15, 0.2) is 12.1 Å². The molecule has 0 aromatic heterocycles. The number of hydrogen-bond acceptors (Lipinski definition) is 3. The van der Waals surface area contributed by atoms with Crippen molar-refractivity contribution in [1.29, 1.82) is 0 Å². The van der Waals surface area contributed by atoms with Gasteiger partial charge in [-0.1, -0.05) is 18.5 Å². The molecular formula is C11H15ClO3. The number of ether oxygens (including phenoxy) is 1. The normalized spacial score (nSPS) is 12.5. The second-order valence-electron chi connectivity index (χ2n) is 3.21. The molecule has 1 rings (SSSR count). The van der Waals surface area contributed by atoms with E-state index in [1.165, 1.54) is 0 Å². The lowest BCUT2D eigenvalue weighted by Crippen LogP contribution is -1.98. The minimum absolute atomic E-state index is 0.0782. The third kappa shape index (κ3) is 2.76. The Morgan fingerprint density at radius 1 is 1.40 bits per heavy atom. The molecule has 1 aromatic carbocycles. The largest absolute Gasteiger partial charge is 0.503 e. The van der Waals surface area contributed by atoms with E-state index in [9.17, 15) is 10.2 Å². The van der Waals surface area contributed by atoms with Crippen LogP contribution in [0, 0.1) is 0 Å². The molecule has 1 unspecified atom stereocenters. The Morgan fingerprint density at radius 2 is 2.07 bits per heavy atom. The lowest BCUT2D eigenvalue weighted by atomic mass is 10.1. The van der Waals surface area contributed by atoms with Gasteiger partial charge in [-0.05, 0) is 31.0 Å². The number of halogens is 1. The van der Waals surface area contributed by atoms with Crippen molar-refractivity contribution in [3.63, 3.8) is 0 Å². The molecule has 4 heteroatoms. The third-order valence-corrected chi connectivity index (χ3v) is 2.41. The van der Waals surface area contributed by atoms with Gasteiger partial charge in [0.05, 0.1) is 17.7 Å². The van der Waals surface area contributed by atoms with Crippen molar-refractivity contribution in [1.82, 2.24) is 0 Å². The van der Waals surface area contributed by atoms with Crippen LogP contribution < -0.4 is 4.74 Å². The summed E-state index contributed by atoms with van der Waals surface area (Å²) in [6.07, 6.45) is 0.00875. The first kappa shape index (κ1) is 12.1. The maximum Gasteiger partial charge on any atom is 0.176 e. The molecular weight excluding hydrogens is 216 g/mol. The first-order valence-electron chi connectivity index (χ1n) is 4.93. The zero-order valence-corrected chi connectivity index (χ0v) is 9.58. The van der Waals surface area contributed by atoms with Gasteiger partial charge in [0.15, 0.2) is 11.5 Å². The van der Waals surface area contributed by atoms with Gasteiger partial charge in [-0.15, -0.1) is 0 Å². The summed E-state index contributed by atoms with van der Waals surface area (Å²) >= 11 is 5.81. The first-order chi connectivity index (χ1) is 7.10. The standard InChI is InChI=1S/C11H15ClO3/c1-3-9(13)7-5-8(12)11(14)10(6-7)15-4-2/h5-6,9,13-14H,3-4H2,1-2H3. The highest BCUT2D eigenvalue weighted by Gasteiger charge is 2.13. The molecule has 0 aliphatic heterocycles. The molecule has 0 bridgehead atoms. The molecule has 1 atom stereocenters. The monoisotopic (exact) mass is 230 g/mol. The zero-order chi connectivity index (χ0) is 11.4. The minimum Gasteiger partial charge on any atom is -0.503 e. The third-order valence-electron chi connectivity index (χ3n) is 2.12. The number of phenolic OH excluding ortho intramolecular Hbond substituents is 1. The zero-order valence-electron chi connectivity index (χ0n) is 8.83. The van der Waals surface area contributed by atoms with Gasteiger partial charge < -0.3 is 14.9 Å². The highest BCUT2D eigenvalue weighted by atomic mass is 35.5. The highest BCUT2D eigenvalue weighted by molar-refractivity contribution is 6.32. The van der Waals surface area contributed by atoms with Crippen LogP contribution >= 0.6 is 11.6 Å². The highest BCUT2D eigenvalue weighted by Crippen LogP contribution is 2.37. The molecule has 0 saturated heterocycles. The van der Waals surface area contributed by atoms with Crippen LogP contribution in [-0.2, 0) is 0 Å². The van der Waals surface area contributed by atoms with Crippen LogP contribution in [-0.4, -0.2) is 16.8 Å². The molecule has 0 amide bonds. The Hall–Kier alpha value is -0.930. The fourth-order valence-corrected chi connectivity index (χ4v) is 1.51. The Morgan fingerprint density at radius 3 is 2.60 bits per heavy atom. The number of aliphatic hydroxyl groups is 1. The number of phenols is 1. The number of benzene rings is 1. The van der Waals surface area contributed by atoms with Crippen molar-refractivity contribution in [3.05, 3.63) is 22.7 Å². The summed E-state index contributed by atoms with van der Waals surface area (Å²) in [5.74, 6) is 0.234. The molecule has 3 nitrogen and oxygen atoms in total. The van der Waals surface area contributed by atoms with Crippen LogP contribution in [0.1, 0.15) is 31.9 Å². The van der Waals surface area contributed by atoms with E-state index in [4.69, 9.17) is 16.3 Å². The molecule has 0 aliphatic rings. The van der Waals surface area contributed by atoms with E-state index in [-0.39, 0.29) is 10.8 Å². The van der Waals surface area contributed by atoms with E-state index < -0.39 is 6.10 Å². The molecule has 1 aromatic rings. The Bertz CT molecular complexity index is 339. The SMILES string of the molecule is CCOc1cc(C(O)CC)cc(Cl)c1O. The van der Waals surface area contributed by atoms with E-state index in [1.54, 1.807) is 12.1 Å². The second kappa shape index (κ2) is 5.24. The second-order valence-corrected chi connectivity index (χ2v) is 3.61. The van der Waals surface area contributed by atoms with Gasteiger partial charge in [-0.3, -0.25) is 0 Å². The van der Waals surface area contributed by atoms with Gasteiger partial charge in [0, 0.05) is 0 Å². The van der Waals surface area contributed by atoms with Gasteiger partial charge in [-0.25, -0.2) is 0 Å². The summed E-state index contributed by atoms with van der Waals surface area (Å²) < 4.78 is 5.21. The lowest BCUT2D eigenvalue weighted by molar-refractivity contribution is 0.173. The Labute approximate surface area is 94.3 Å². The van der Waals surface area contributed by atoms with Crippen LogP contribution in [0.25, 0.3) is 0 Å². The van der Waals surface area contributed by atoms with E-state index in [2.05, 4.69) is 0 Å². The molecule has 0 saturated carbocycles. The maximum absolute atomic E-state index is 9.64. The van der Waals surface area contributed by atoms with E-state index in [1.807, 2.05) is 13.8 Å². The van der Waals surface area contributed by atoms with Gasteiger partial charge in [0.2, 0.25) is 0 Å². The van der Waals surface area contributed by atoms with Crippen molar-refractivity contribution in [2.45, 2.75) is 26.4 Å². The topological polar surface area (TPSA) is 49.7 Å². The van der Waals surface area contributed by atoms with Gasteiger partial charge in [0.1, 0.15) is 0 Å². The summed E-state index contributed by atoms with van der Waals surface area (Å²) in [5, 5.41) is 19.4. The van der Waals surface area contributed by atoms with E-state index in [0.29, 0.717) is 24.3 Å². The van der Waals surface area contributed by atoms with Gasteiger partial charge >= 0.3 is 0 Å². The molecule has 2 N–H and O–H groups in total. The quantitative estimate of drug-likeness (QED) is 0.836. The predicted molar refractivity (Wildman–Crippen MR) is 59.5 cm³/mol. The Kier molecular flexibility index (Phi) is 4.24. The predicted octanol–water partition coefficient (Wildman–Crippen LogP) is 2.89. The Balaban J connectivity index is 3.11. The minimum atomic E-state index is -0.581. The van der Waals surface area contributed by atoms with Crippen LogP contribution in [0.3, 0.4) is 0 Å². The summed E-state index contributed by atoms with van der Waals surface area (Å²) in [6.45, 7) is 4.12. The van der Waals surface area contributed by atoms with Crippen molar-refractivity contribution in [3.8, 4) is 11.5 Å². The average Bonchev–Trinajstić information content (AvgIpc) is 2.23. The molecule has 0 spiro atoms. The van der Waals surface area contributed by atoms with Crippen molar-refractivity contribution in [2.75, 3.05) is 6.61 Å². The molecule has 0 fully saturated rings. The first-order valence-corrected chi connectivity index (χ1v) is 5.31. The molecule has 0 heterocycles. The number of aliphatic hydroxyl groups excluding tert-OH is 1. The van der Waals surface area contributed by atoms with Crippen LogP contribution in [0.4, 0.5) is 0 Å². The summed E-state index contributed by atoms with van der Waals surface area (Å²) in [7, 11) is 0. The van der Waals surface area contributed by atoms with Crippen molar-refractivity contribution < 1.29 is 14.9 Å². The van der Waals surface area contributed by atoms with E-state index in [0.717, 1.165) is 0 Å². The average molecular weight is 231 g/mol. The number of hydrogen-bond donors (Lipinski definition) is 2. The van der Waals surface area contributed by atoms with Gasteiger partial charge in [-0.2, -0.15) is 0 Å². The van der Waals surface area contributed by atoms with Crippen LogP contribution in [0.2, 0.25) is 5.02 Å². The fourth-order valence-electron chi connectivity index (χ4n) is 1.29. The number of rotatable bonds is 4. The van der Waals surface area contributed by atoms with Crippen molar-refractivity contribution >= 4 is 11.6 Å². The van der Waals surface area contributed by atoms with Crippen LogP contribution in [0.5, 0.6) is 11.5 Å². The molecule has 15 heavy (non-hydrogen) atoms. The lowest BCUT2D eigenvalue weighted by Gasteiger charge is -2.13. The fraction of sp³-hybridized carbons (Fsp3) is 0.455. The smallest absolute Gasteiger partial charge is 0.176 e. The summed E-state index contributed by atoms with van der Waals surface area (Å²) in [6, 6.07) is 3.16.